The van der Waals surface area contributed by atoms with Gasteiger partial charge in [0.25, 0.3) is 0 Å². The van der Waals surface area contributed by atoms with Gasteiger partial charge in [-0.2, -0.15) is 0 Å². The second-order valence-corrected chi connectivity index (χ2v) is 4.43. The molecule has 0 spiro atoms. The third kappa shape index (κ3) is 1.19. The molecule has 1 aromatic rings. The molecule has 0 radical (unpaired) electrons. The molecular weight excluding hydrogens is 158 g/mol. The van der Waals surface area contributed by atoms with E-state index >= 15 is 0 Å². The summed E-state index contributed by atoms with van der Waals surface area (Å²) < 4.78 is 0. The number of aliphatic imine (C=N–C) groups is 1. The maximum Gasteiger partial charge on any atom is 0.0670 e. The molecule has 68 valence electrons. The van der Waals surface area contributed by atoms with E-state index in [9.17, 15) is 0 Å². The summed E-state index contributed by atoms with van der Waals surface area (Å²) in [6, 6.07) is 4.44. The van der Waals surface area contributed by atoms with E-state index in [2.05, 4.69) is 44.8 Å². The second-order valence-electron chi connectivity index (χ2n) is 4.43. The second kappa shape index (κ2) is 2.44. The highest BCUT2D eigenvalue weighted by molar-refractivity contribution is 5.84. The SMILES string of the molecule is Cc1cc2c(cc1C)C(C)(C)C=N2. The van der Waals surface area contributed by atoms with Crippen LogP contribution in [0.15, 0.2) is 17.1 Å². The maximum atomic E-state index is 4.43. The lowest BCUT2D eigenvalue weighted by Gasteiger charge is -2.16. The summed E-state index contributed by atoms with van der Waals surface area (Å²) in [6.45, 7) is 8.70. The van der Waals surface area contributed by atoms with Gasteiger partial charge in [-0.25, -0.2) is 0 Å². The van der Waals surface area contributed by atoms with Crippen LogP contribution in [-0.2, 0) is 5.41 Å². The molecule has 1 heteroatoms. The molecule has 0 unspecified atom stereocenters. The Morgan fingerprint density at radius 3 is 2.38 bits per heavy atom. The van der Waals surface area contributed by atoms with Crippen molar-refractivity contribution in [3.63, 3.8) is 0 Å². The molecule has 1 aromatic carbocycles. The largest absolute Gasteiger partial charge is 0.260 e. The van der Waals surface area contributed by atoms with Crippen molar-refractivity contribution in [3.05, 3.63) is 28.8 Å². The van der Waals surface area contributed by atoms with E-state index < -0.39 is 0 Å². The van der Waals surface area contributed by atoms with Gasteiger partial charge in [-0.15, -0.1) is 0 Å². The Bertz CT molecular complexity index is 386. The van der Waals surface area contributed by atoms with E-state index in [0.29, 0.717) is 0 Å². The molecule has 0 saturated heterocycles. The van der Waals surface area contributed by atoms with Gasteiger partial charge < -0.3 is 0 Å². The molecule has 1 aliphatic rings. The molecule has 0 aromatic heterocycles. The molecule has 1 nitrogen and oxygen atoms in total. The van der Waals surface area contributed by atoms with Gasteiger partial charge >= 0.3 is 0 Å². The number of nitrogens with zero attached hydrogens (tertiary/aromatic N) is 1. The van der Waals surface area contributed by atoms with E-state index in [0.717, 1.165) is 5.69 Å². The van der Waals surface area contributed by atoms with Gasteiger partial charge in [0.05, 0.1) is 5.69 Å². The van der Waals surface area contributed by atoms with Crippen LogP contribution in [0.5, 0.6) is 0 Å². The predicted octanol–water partition coefficient (Wildman–Crippen LogP) is 3.30. The Morgan fingerprint density at radius 1 is 1.08 bits per heavy atom. The van der Waals surface area contributed by atoms with Crippen LogP contribution in [-0.4, -0.2) is 6.21 Å². The van der Waals surface area contributed by atoms with Crippen molar-refractivity contribution in [3.8, 4) is 0 Å². The van der Waals surface area contributed by atoms with Crippen molar-refractivity contribution in [1.82, 2.24) is 0 Å². The molecule has 0 amide bonds. The highest BCUT2D eigenvalue weighted by atomic mass is 14.8. The van der Waals surface area contributed by atoms with Gasteiger partial charge in [0.1, 0.15) is 0 Å². The molecule has 1 heterocycles. The molecule has 0 atom stereocenters. The summed E-state index contributed by atoms with van der Waals surface area (Å²) in [5.41, 5.74) is 5.31. The number of hydrogen-bond donors (Lipinski definition) is 0. The Morgan fingerprint density at radius 2 is 1.69 bits per heavy atom. The Labute approximate surface area is 79.5 Å². The van der Waals surface area contributed by atoms with E-state index in [1.165, 1.54) is 16.7 Å². The molecule has 1 aliphatic heterocycles. The van der Waals surface area contributed by atoms with E-state index in [1.54, 1.807) is 0 Å². The van der Waals surface area contributed by atoms with Gasteiger partial charge in [-0.05, 0) is 36.6 Å². The van der Waals surface area contributed by atoms with Crippen molar-refractivity contribution < 1.29 is 0 Å². The molecular formula is C12H15N. The van der Waals surface area contributed by atoms with Crippen LogP contribution >= 0.6 is 0 Å². The summed E-state index contributed by atoms with van der Waals surface area (Å²) in [6.07, 6.45) is 2.04. The minimum absolute atomic E-state index is 0.119. The summed E-state index contributed by atoms with van der Waals surface area (Å²) in [4.78, 5) is 4.43. The molecule has 0 aliphatic carbocycles. The Hall–Kier alpha value is -1.11. The average Bonchev–Trinajstić information content (AvgIpc) is 2.31. The molecule has 2 rings (SSSR count). The smallest absolute Gasteiger partial charge is 0.0670 e. The third-order valence-corrected chi connectivity index (χ3v) is 2.83. The predicted molar refractivity (Wildman–Crippen MR) is 57.1 cm³/mol. The first-order valence-electron chi connectivity index (χ1n) is 4.68. The minimum Gasteiger partial charge on any atom is -0.260 e. The molecule has 0 saturated carbocycles. The first-order chi connectivity index (χ1) is 6.00. The van der Waals surface area contributed by atoms with E-state index in [1.807, 2.05) is 6.21 Å². The first-order valence-corrected chi connectivity index (χ1v) is 4.68. The zero-order chi connectivity index (χ0) is 9.64. The highest BCUT2D eigenvalue weighted by Gasteiger charge is 2.26. The number of benzene rings is 1. The first kappa shape index (κ1) is 8.49. The summed E-state index contributed by atoms with van der Waals surface area (Å²) >= 11 is 0. The van der Waals surface area contributed by atoms with Crippen molar-refractivity contribution in [2.24, 2.45) is 4.99 Å². The molecule has 0 bridgehead atoms. The monoisotopic (exact) mass is 173 g/mol. The fourth-order valence-electron chi connectivity index (χ4n) is 1.72. The van der Waals surface area contributed by atoms with Crippen LogP contribution in [0, 0.1) is 13.8 Å². The van der Waals surface area contributed by atoms with Crippen LogP contribution in [0.2, 0.25) is 0 Å². The van der Waals surface area contributed by atoms with Gasteiger partial charge in [-0.1, -0.05) is 19.9 Å². The van der Waals surface area contributed by atoms with Gasteiger partial charge in [0.15, 0.2) is 0 Å². The van der Waals surface area contributed by atoms with Gasteiger partial charge in [0.2, 0.25) is 0 Å². The van der Waals surface area contributed by atoms with Crippen molar-refractivity contribution in [2.75, 3.05) is 0 Å². The maximum absolute atomic E-state index is 4.43. The fraction of sp³-hybridized carbons (Fsp3) is 0.417. The van der Waals surface area contributed by atoms with Crippen molar-refractivity contribution in [1.29, 1.82) is 0 Å². The topological polar surface area (TPSA) is 12.4 Å². The number of aryl methyl sites for hydroxylation is 2. The lowest BCUT2D eigenvalue weighted by Crippen LogP contribution is -2.14. The molecule has 13 heavy (non-hydrogen) atoms. The Balaban J connectivity index is 2.66. The van der Waals surface area contributed by atoms with E-state index in [-0.39, 0.29) is 5.41 Å². The standard InChI is InChI=1S/C12H15N/c1-8-5-10-11(6-9(8)2)13-7-12(10,3)4/h5-7H,1-4H3. The summed E-state index contributed by atoms with van der Waals surface area (Å²) in [5.74, 6) is 0. The van der Waals surface area contributed by atoms with Crippen molar-refractivity contribution in [2.45, 2.75) is 33.1 Å². The minimum atomic E-state index is 0.119. The van der Waals surface area contributed by atoms with E-state index in [4.69, 9.17) is 0 Å². The number of hydrogen-bond acceptors (Lipinski definition) is 1. The number of fused-ring (bicyclic) bond motifs is 1. The van der Waals surface area contributed by atoms with Crippen LogP contribution in [0.25, 0.3) is 0 Å². The number of rotatable bonds is 0. The van der Waals surface area contributed by atoms with Gasteiger partial charge in [0, 0.05) is 11.6 Å². The van der Waals surface area contributed by atoms with Gasteiger partial charge in [-0.3, -0.25) is 4.99 Å². The fourth-order valence-corrected chi connectivity index (χ4v) is 1.72. The van der Waals surface area contributed by atoms with Crippen LogP contribution < -0.4 is 0 Å². The molecule has 0 N–H and O–H groups in total. The lowest BCUT2D eigenvalue weighted by atomic mass is 9.85. The van der Waals surface area contributed by atoms with Crippen molar-refractivity contribution >= 4 is 11.9 Å². The quantitative estimate of drug-likeness (QED) is 0.571. The third-order valence-electron chi connectivity index (χ3n) is 2.83. The zero-order valence-corrected chi connectivity index (χ0v) is 8.68. The highest BCUT2D eigenvalue weighted by Crippen LogP contribution is 2.37. The lowest BCUT2D eigenvalue weighted by molar-refractivity contribution is 0.751. The Kier molecular flexibility index (Phi) is 1.59. The van der Waals surface area contributed by atoms with Crippen LogP contribution in [0.1, 0.15) is 30.5 Å². The normalized spacial score (nSPS) is 17.5. The van der Waals surface area contributed by atoms with Crippen LogP contribution in [0.4, 0.5) is 5.69 Å². The molecule has 0 fully saturated rings. The van der Waals surface area contributed by atoms with Crippen LogP contribution in [0.3, 0.4) is 0 Å². The summed E-state index contributed by atoms with van der Waals surface area (Å²) in [7, 11) is 0. The summed E-state index contributed by atoms with van der Waals surface area (Å²) in [5, 5.41) is 0. The average molecular weight is 173 g/mol. The zero-order valence-electron chi connectivity index (χ0n) is 8.68.